The van der Waals surface area contributed by atoms with Crippen LogP contribution in [0.4, 0.5) is 0 Å². The van der Waals surface area contributed by atoms with Crippen LogP contribution >= 0.6 is 11.7 Å². The van der Waals surface area contributed by atoms with Gasteiger partial charge in [0.05, 0.1) is 24.0 Å². The van der Waals surface area contributed by atoms with Crippen molar-refractivity contribution in [2.24, 2.45) is 0 Å². The molecule has 5 rings (SSSR count). The molecule has 4 heterocycles. The first kappa shape index (κ1) is 15.6. The summed E-state index contributed by atoms with van der Waals surface area (Å²) in [6.07, 6.45) is 7.96. The Morgan fingerprint density at radius 2 is 2.04 bits per heavy atom. The normalized spacial score (nSPS) is 15.7. The van der Waals surface area contributed by atoms with Gasteiger partial charge in [-0.2, -0.15) is 8.75 Å². The van der Waals surface area contributed by atoms with Gasteiger partial charge < -0.3 is 9.88 Å². The summed E-state index contributed by atoms with van der Waals surface area (Å²) in [5.41, 5.74) is 3.85. The second-order valence-electron chi connectivity index (χ2n) is 6.53. The lowest BCUT2D eigenvalue weighted by molar-refractivity contribution is 0.337. The molecule has 0 unspecified atom stereocenters. The minimum atomic E-state index is 0.417. The van der Waals surface area contributed by atoms with E-state index in [1.54, 1.807) is 0 Å². The zero-order valence-electron chi connectivity index (χ0n) is 14.1. The van der Waals surface area contributed by atoms with Crippen LogP contribution in [0.3, 0.4) is 0 Å². The first-order chi connectivity index (χ1) is 12.9. The van der Waals surface area contributed by atoms with Crippen LogP contribution in [0.15, 0.2) is 36.8 Å². The number of nitrogens with zero attached hydrogens (tertiary/aromatic N) is 7. The minimum absolute atomic E-state index is 0.417. The van der Waals surface area contributed by atoms with E-state index in [4.69, 9.17) is 0 Å². The highest BCUT2D eigenvalue weighted by Gasteiger charge is 2.18. The van der Waals surface area contributed by atoms with Crippen molar-refractivity contribution in [2.45, 2.75) is 25.4 Å². The van der Waals surface area contributed by atoms with Crippen molar-refractivity contribution in [1.29, 1.82) is 0 Å². The number of hydrogen-bond acceptors (Lipinski definition) is 7. The molecule has 0 atom stereocenters. The van der Waals surface area contributed by atoms with E-state index in [0.717, 1.165) is 54.0 Å². The van der Waals surface area contributed by atoms with E-state index in [1.165, 1.54) is 11.7 Å². The van der Waals surface area contributed by atoms with Crippen LogP contribution in [-0.4, -0.2) is 46.4 Å². The Hall–Kier alpha value is -2.65. The summed E-state index contributed by atoms with van der Waals surface area (Å²) in [6.45, 7) is 2.77. The number of rotatable bonds is 4. The Morgan fingerprint density at radius 1 is 1.15 bits per heavy atom. The van der Waals surface area contributed by atoms with Gasteiger partial charge in [-0.1, -0.05) is 11.3 Å². The first-order valence-electron chi connectivity index (χ1n) is 8.72. The smallest absolute Gasteiger partial charge is 0.162 e. The van der Waals surface area contributed by atoms with Gasteiger partial charge in [0.1, 0.15) is 16.7 Å². The SMILES string of the molecule is c1cn(Cc2ccc3nsnc3c2)c(-c2cn(C3CCNCC3)nn2)n1. The number of fused-ring (bicyclic) bond motifs is 1. The predicted octanol–water partition coefficient (Wildman–Crippen LogP) is 2.12. The fourth-order valence-corrected chi connectivity index (χ4v) is 3.94. The van der Waals surface area contributed by atoms with E-state index < -0.39 is 0 Å². The number of benzene rings is 1. The lowest BCUT2D eigenvalue weighted by Crippen LogP contribution is -2.29. The standard InChI is InChI=1S/C17H18N8S/c1-2-14-15(22-26-21-14)9-12(1)10-24-8-7-19-17(24)16-11-25(23-20-16)13-3-5-18-6-4-13/h1-2,7-9,11,13,18H,3-6,10H2. The molecule has 0 radical (unpaired) electrons. The summed E-state index contributed by atoms with van der Waals surface area (Å²) in [4.78, 5) is 4.50. The van der Waals surface area contributed by atoms with Gasteiger partial charge in [0.2, 0.25) is 0 Å². The zero-order valence-corrected chi connectivity index (χ0v) is 14.9. The molecular weight excluding hydrogens is 348 g/mol. The van der Waals surface area contributed by atoms with Gasteiger partial charge in [-0.3, -0.25) is 0 Å². The number of hydrogen-bond donors (Lipinski definition) is 1. The van der Waals surface area contributed by atoms with E-state index >= 15 is 0 Å². The average Bonchev–Trinajstić information content (AvgIpc) is 3.42. The molecule has 1 saturated heterocycles. The number of piperidine rings is 1. The Bertz CT molecular complexity index is 1030. The zero-order chi connectivity index (χ0) is 17.3. The van der Waals surface area contributed by atoms with Crippen molar-refractivity contribution in [1.82, 2.24) is 38.6 Å². The molecule has 0 saturated carbocycles. The maximum Gasteiger partial charge on any atom is 0.162 e. The summed E-state index contributed by atoms with van der Waals surface area (Å²) in [5.74, 6) is 0.835. The molecule has 0 bridgehead atoms. The molecule has 1 N–H and O–H groups in total. The van der Waals surface area contributed by atoms with E-state index in [9.17, 15) is 0 Å². The third-order valence-electron chi connectivity index (χ3n) is 4.81. The second kappa shape index (κ2) is 6.58. The van der Waals surface area contributed by atoms with Crippen LogP contribution in [0.5, 0.6) is 0 Å². The van der Waals surface area contributed by atoms with E-state index in [1.807, 2.05) is 29.3 Å². The molecule has 3 aromatic heterocycles. The molecule has 132 valence electrons. The van der Waals surface area contributed by atoms with Crippen LogP contribution in [-0.2, 0) is 6.54 Å². The third-order valence-corrected chi connectivity index (χ3v) is 5.37. The summed E-state index contributed by atoms with van der Waals surface area (Å²) in [6, 6.07) is 6.59. The van der Waals surface area contributed by atoms with Gasteiger partial charge >= 0.3 is 0 Å². The molecule has 1 aliphatic rings. The number of aromatic nitrogens is 7. The molecule has 0 amide bonds. The summed E-state index contributed by atoms with van der Waals surface area (Å²) in [5, 5.41) is 12.1. The first-order valence-corrected chi connectivity index (χ1v) is 9.45. The Balaban J connectivity index is 1.41. The fraction of sp³-hybridized carbons (Fsp3) is 0.353. The molecule has 0 aliphatic carbocycles. The third kappa shape index (κ3) is 2.89. The van der Waals surface area contributed by atoms with Crippen LogP contribution in [0.25, 0.3) is 22.6 Å². The predicted molar refractivity (Wildman–Crippen MR) is 98.9 cm³/mol. The molecular formula is C17H18N8S. The summed E-state index contributed by atoms with van der Waals surface area (Å²) in [7, 11) is 0. The van der Waals surface area contributed by atoms with Crippen LogP contribution < -0.4 is 5.32 Å². The van der Waals surface area contributed by atoms with Gasteiger partial charge in [-0.05, 0) is 43.6 Å². The average molecular weight is 366 g/mol. The van der Waals surface area contributed by atoms with Gasteiger partial charge in [0.25, 0.3) is 0 Å². The topological polar surface area (TPSA) is 86.3 Å². The van der Waals surface area contributed by atoms with E-state index in [0.29, 0.717) is 12.6 Å². The molecule has 8 nitrogen and oxygen atoms in total. The highest BCUT2D eigenvalue weighted by molar-refractivity contribution is 7.00. The molecule has 1 aliphatic heterocycles. The Labute approximate surface area is 154 Å². The van der Waals surface area contributed by atoms with Gasteiger partial charge in [-0.25, -0.2) is 9.67 Å². The van der Waals surface area contributed by atoms with Gasteiger partial charge in [0, 0.05) is 18.9 Å². The lowest BCUT2D eigenvalue weighted by Gasteiger charge is -2.22. The van der Waals surface area contributed by atoms with Crippen molar-refractivity contribution in [2.75, 3.05) is 13.1 Å². The van der Waals surface area contributed by atoms with Crippen molar-refractivity contribution in [3.05, 3.63) is 42.4 Å². The Kier molecular flexibility index (Phi) is 3.95. The van der Waals surface area contributed by atoms with Crippen LogP contribution in [0.2, 0.25) is 0 Å². The lowest BCUT2D eigenvalue weighted by atomic mass is 10.1. The summed E-state index contributed by atoms with van der Waals surface area (Å²) < 4.78 is 12.7. The largest absolute Gasteiger partial charge is 0.325 e. The molecule has 1 aromatic carbocycles. The van der Waals surface area contributed by atoms with Gasteiger partial charge in [0.15, 0.2) is 5.82 Å². The number of nitrogens with one attached hydrogen (secondary N) is 1. The van der Waals surface area contributed by atoms with E-state index in [2.05, 4.69) is 46.1 Å². The highest BCUT2D eigenvalue weighted by atomic mass is 32.1. The molecule has 0 spiro atoms. The molecule has 4 aromatic rings. The van der Waals surface area contributed by atoms with Crippen LogP contribution in [0.1, 0.15) is 24.4 Å². The molecule has 1 fully saturated rings. The quantitative estimate of drug-likeness (QED) is 0.595. The summed E-state index contributed by atoms with van der Waals surface area (Å²) >= 11 is 1.24. The second-order valence-corrected chi connectivity index (χ2v) is 7.06. The highest BCUT2D eigenvalue weighted by Crippen LogP contribution is 2.22. The Morgan fingerprint density at radius 3 is 2.96 bits per heavy atom. The monoisotopic (exact) mass is 366 g/mol. The van der Waals surface area contributed by atoms with E-state index in [-0.39, 0.29) is 0 Å². The molecule has 26 heavy (non-hydrogen) atoms. The van der Waals surface area contributed by atoms with Crippen LogP contribution in [0, 0.1) is 0 Å². The minimum Gasteiger partial charge on any atom is -0.325 e. The number of imidazole rings is 1. The maximum atomic E-state index is 4.50. The van der Waals surface area contributed by atoms with Crippen molar-refractivity contribution >= 4 is 22.8 Å². The van der Waals surface area contributed by atoms with Crippen molar-refractivity contribution in [3.63, 3.8) is 0 Å². The van der Waals surface area contributed by atoms with Crippen molar-refractivity contribution in [3.8, 4) is 11.5 Å². The maximum absolute atomic E-state index is 4.50. The molecule has 9 heteroatoms. The van der Waals surface area contributed by atoms with Gasteiger partial charge in [-0.15, -0.1) is 5.10 Å². The van der Waals surface area contributed by atoms with Crippen molar-refractivity contribution < 1.29 is 0 Å². The fourth-order valence-electron chi connectivity index (χ4n) is 3.42.